The van der Waals surface area contributed by atoms with Crippen molar-refractivity contribution < 1.29 is 14.0 Å². The van der Waals surface area contributed by atoms with E-state index in [0.29, 0.717) is 34.8 Å². The van der Waals surface area contributed by atoms with Gasteiger partial charge in [0.1, 0.15) is 5.52 Å². The van der Waals surface area contributed by atoms with Gasteiger partial charge in [-0.1, -0.05) is 30.3 Å². The van der Waals surface area contributed by atoms with E-state index in [1.54, 1.807) is 31.2 Å². The third kappa shape index (κ3) is 3.99. The molecule has 0 fully saturated rings. The molecule has 2 amide bonds. The first-order chi connectivity index (χ1) is 15.6. The Balaban J connectivity index is 1.29. The van der Waals surface area contributed by atoms with Crippen LogP contribution in [0.1, 0.15) is 21.8 Å². The molecule has 0 bridgehead atoms. The Kier molecular flexibility index (Phi) is 5.41. The van der Waals surface area contributed by atoms with Gasteiger partial charge in [0.25, 0.3) is 5.91 Å². The van der Waals surface area contributed by atoms with Gasteiger partial charge in [-0.3, -0.25) is 9.59 Å². The number of rotatable bonds is 5. The lowest BCUT2D eigenvalue weighted by Crippen LogP contribution is -2.30. The molecular weight excluding hydrogens is 422 g/mol. The molecule has 1 aromatic heterocycles. The maximum Gasteiger partial charge on any atom is 0.256 e. The predicted octanol–water partition coefficient (Wildman–Crippen LogP) is 5.07. The Morgan fingerprint density at radius 2 is 1.91 bits per heavy atom. The molecule has 0 aliphatic carbocycles. The van der Waals surface area contributed by atoms with E-state index in [-0.39, 0.29) is 17.6 Å². The summed E-state index contributed by atoms with van der Waals surface area (Å²) in [6.45, 7) is 2.48. The minimum absolute atomic E-state index is 0.0435. The van der Waals surface area contributed by atoms with E-state index in [4.69, 9.17) is 4.42 Å². The molecule has 0 saturated heterocycles. The summed E-state index contributed by atoms with van der Waals surface area (Å²) in [5, 5.41) is 2.93. The van der Waals surface area contributed by atoms with Crippen LogP contribution in [0.15, 0.2) is 76.0 Å². The van der Waals surface area contributed by atoms with Crippen molar-refractivity contribution >= 4 is 46.1 Å². The Morgan fingerprint density at radius 1 is 1.09 bits per heavy atom. The first-order valence-corrected chi connectivity index (χ1v) is 11.4. The topological polar surface area (TPSA) is 75.4 Å². The van der Waals surface area contributed by atoms with Crippen LogP contribution in [0.3, 0.4) is 0 Å². The Labute approximate surface area is 189 Å². The molecule has 0 saturated carbocycles. The van der Waals surface area contributed by atoms with E-state index < -0.39 is 0 Å². The molecule has 2 heterocycles. The monoisotopic (exact) mass is 443 g/mol. The standard InChI is InChI=1S/C25H21N3O3S/c1-16-26-20-14-18(10-11-22(20)31-16)27-25(30)19-7-3-5-9-23(19)32-15-24(29)28-13-12-17-6-2-4-8-21(17)28/h2-11,14H,12-13,15H2,1H3,(H,27,30). The smallest absolute Gasteiger partial charge is 0.256 e. The summed E-state index contributed by atoms with van der Waals surface area (Å²) >= 11 is 1.38. The molecule has 1 aliphatic rings. The molecule has 160 valence electrons. The maximum absolute atomic E-state index is 13.0. The molecule has 3 aromatic carbocycles. The fraction of sp³-hybridized carbons (Fsp3) is 0.160. The first kappa shape index (κ1) is 20.3. The number of thioether (sulfide) groups is 1. The summed E-state index contributed by atoms with van der Waals surface area (Å²) in [4.78, 5) is 32.8. The maximum atomic E-state index is 13.0. The summed E-state index contributed by atoms with van der Waals surface area (Å²) in [6.07, 6.45) is 0.876. The highest BCUT2D eigenvalue weighted by Gasteiger charge is 2.24. The van der Waals surface area contributed by atoms with E-state index >= 15 is 0 Å². The number of para-hydroxylation sites is 1. The van der Waals surface area contributed by atoms with E-state index in [2.05, 4.69) is 16.4 Å². The van der Waals surface area contributed by atoms with Crippen LogP contribution in [0.2, 0.25) is 0 Å². The first-order valence-electron chi connectivity index (χ1n) is 10.4. The van der Waals surface area contributed by atoms with Crippen LogP contribution >= 0.6 is 11.8 Å². The number of anilines is 2. The van der Waals surface area contributed by atoms with Gasteiger partial charge in [0.2, 0.25) is 5.91 Å². The molecular formula is C25H21N3O3S. The second kappa shape index (κ2) is 8.51. The highest BCUT2D eigenvalue weighted by Crippen LogP contribution is 2.30. The number of aryl methyl sites for hydroxylation is 1. The molecule has 4 aromatic rings. The van der Waals surface area contributed by atoms with Gasteiger partial charge in [-0.05, 0) is 48.4 Å². The number of carbonyl (C=O) groups excluding carboxylic acids is 2. The molecule has 0 atom stereocenters. The molecule has 0 spiro atoms. The van der Waals surface area contributed by atoms with E-state index in [1.807, 2.05) is 41.3 Å². The number of hydrogen-bond acceptors (Lipinski definition) is 5. The van der Waals surface area contributed by atoms with Crippen LogP contribution in [-0.2, 0) is 11.2 Å². The van der Waals surface area contributed by atoms with Crippen molar-refractivity contribution in [3.63, 3.8) is 0 Å². The summed E-state index contributed by atoms with van der Waals surface area (Å²) in [5.74, 6) is 0.659. The van der Waals surface area contributed by atoms with Crippen molar-refractivity contribution in [2.24, 2.45) is 0 Å². The minimum atomic E-state index is -0.230. The van der Waals surface area contributed by atoms with Crippen molar-refractivity contribution in [1.82, 2.24) is 4.98 Å². The minimum Gasteiger partial charge on any atom is -0.441 e. The van der Waals surface area contributed by atoms with Crippen molar-refractivity contribution in [3.05, 3.63) is 83.7 Å². The van der Waals surface area contributed by atoms with Gasteiger partial charge in [0.15, 0.2) is 11.5 Å². The number of fused-ring (bicyclic) bond motifs is 2. The van der Waals surface area contributed by atoms with E-state index in [0.717, 1.165) is 17.0 Å². The van der Waals surface area contributed by atoms with Crippen LogP contribution in [0, 0.1) is 6.92 Å². The van der Waals surface area contributed by atoms with Crippen molar-refractivity contribution in [2.45, 2.75) is 18.2 Å². The van der Waals surface area contributed by atoms with Crippen LogP contribution in [0.4, 0.5) is 11.4 Å². The third-order valence-corrected chi connectivity index (χ3v) is 6.48. The molecule has 1 N–H and O–H groups in total. The summed E-state index contributed by atoms with van der Waals surface area (Å²) < 4.78 is 5.49. The van der Waals surface area contributed by atoms with Crippen molar-refractivity contribution in [3.8, 4) is 0 Å². The fourth-order valence-corrected chi connectivity index (χ4v) is 4.84. The molecule has 5 rings (SSSR count). The van der Waals surface area contributed by atoms with Crippen LogP contribution in [-0.4, -0.2) is 29.1 Å². The lowest BCUT2D eigenvalue weighted by molar-refractivity contribution is -0.116. The van der Waals surface area contributed by atoms with Crippen LogP contribution in [0.5, 0.6) is 0 Å². The van der Waals surface area contributed by atoms with Gasteiger partial charge in [0, 0.05) is 29.7 Å². The number of nitrogens with one attached hydrogen (secondary N) is 1. The van der Waals surface area contributed by atoms with Gasteiger partial charge in [0.05, 0.1) is 11.3 Å². The normalized spacial score (nSPS) is 12.7. The number of benzene rings is 3. The summed E-state index contributed by atoms with van der Waals surface area (Å²) in [7, 11) is 0. The molecule has 6 nitrogen and oxygen atoms in total. The van der Waals surface area contributed by atoms with Gasteiger partial charge in [-0.15, -0.1) is 11.8 Å². The zero-order valence-electron chi connectivity index (χ0n) is 17.5. The zero-order chi connectivity index (χ0) is 22.1. The predicted molar refractivity (Wildman–Crippen MR) is 126 cm³/mol. The van der Waals surface area contributed by atoms with Gasteiger partial charge >= 0.3 is 0 Å². The highest BCUT2D eigenvalue weighted by atomic mass is 32.2. The van der Waals surface area contributed by atoms with Gasteiger partial charge in [-0.2, -0.15) is 0 Å². The second-order valence-corrected chi connectivity index (χ2v) is 8.60. The summed E-state index contributed by atoms with van der Waals surface area (Å²) in [6, 6.07) is 20.7. The number of hydrogen-bond donors (Lipinski definition) is 1. The van der Waals surface area contributed by atoms with E-state index in [1.165, 1.54) is 17.3 Å². The van der Waals surface area contributed by atoms with Crippen LogP contribution < -0.4 is 10.2 Å². The molecule has 32 heavy (non-hydrogen) atoms. The van der Waals surface area contributed by atoms with E-state index in [9.17, 15) is 9.59 Å². The van der Waals surface area contributed by atoms with Crippen LogP contribution in [0.25, 0.3) is 11.1 Å². The largest absolute Gasteiger partial charge is 0.441 e. The summed E-state index contributed by atoms with van der Waals surface area (Å²) in [5.41, 5.74) is 4.73. The van der Waals surface area contributed by atoms with Crippen molar-refractivity contribution in [2.75, 3.05) is 22.5 Å². The fourth-order valence-electron chi connectivity index (χ4n) is 3.91. The Hall–Kier alpha value is -3.58. The average Bonchev–Trinajstić information content (AvgIpc) is 3.40. The average molecular weight is 444 g/mol. The number of carbonyl (C=O) groups is 2. The lowest BCUT2D eigenvalue weighted by Gasteiger charge is -2.17. The third-order valence-electron chi connectivity index (χ3n) is 5.42. The quantitative estimate of drug-likeness (QED) is 0.436. The molecule has 0 unspecified atom stereocenters. The lowest BCUT2D eigenvalue weighted by atomic mass is 10.2. The second-order valence-electron chi connectivity index (χ2n) is 7.58. The molecule has 7 heteroatoms. The number of nitrogens with zero attached hydrogens (tertiary/aromatic N) is 2. The Bertz CT molecular complexity index is 1330. The van der Waals surface area contributed by atoms with Crippen molar-refractivity contribution in [1.29, 1.82) is 0 Å². The Morgan fingerprint density at radius 3 is 2.81 bits per heavy atom. The number of amides is 2. The van der Waals surface area contributed by atoms with Gasteiger partial charge in [-0.25, -0.2) is 4.98 Å². The highest BCUT2D eigenvalue weighted by molar-refractivity contribution is 8.00. The molecule has 1 aliphatic heterocycles. The zero-order valence-corrected chi connectivity index (χ0v) is 18.3. The number of oxazole rings is 1. The number of aromatic nitrogens is 1. The van der Waals surface area contributed by atoms with Gasteiger partial charge < -0.3 is 14.6 Å². The SMILES string of the molecule is Cc1nc2cc(NC(=O)c3ccccc3SCC(=O)N3CCc4ccccc43)ccc2o1. The molecule has 0 radical (unpaired) electrons.